The predicted octanol–water partition coefficient (Wildman–Crippen LogP) is 2.62. The number of aryl methyl sites for hydroxylation is 3. The van der Waals surface area contributed by atoms with Gasteiger partial charge in [0.1, 0.15) is 18.2 Å². The third kappa shape index (κ3) is 2.08. The second kappa shape index (κ2) is 4.39. The third-order valence-corrected chi connectivity index (χ3v) is 2.68. The molecular weight excluding hydrogens is 200 g/mol. The molecule has 3 nitrogen and oxygen atoms in total. The number of rotatable bonds is 3. The largest absolute Gasteiger partial charge is 0.485 e. The van der Waals surface area contributed by atoms with Gasteiger partial charge in [0.05, 0.1) is 0 Å². The Hall–Kier alpha value is -1.77. The maximum atomic E-state index is 5.81. The van der Waals surface area contributed by atoms with Crippen LogP contribution in [-0.2, 0) is 13.7 Å². The zero-order valence-electron chi connectivity index (χ0n) is 9.90. The Morgan fingerprint density at radius 2 is 1.94 bits per heavy atom. The minimum Gasteiger partial charge on any atom is -0.485 e. The van der Waals surface area contributed by atoms with Gasteiger partial charge in [-0.1, -0.05) is 18.2 Å². The zero-order valence-corrected chi connectivity index (χ0v) is 9.90. The highest BCUT2D eigenvalue weighted by atomic mass is 16.5. The monoisotopic (exact) mass is 216 g/mol. The molecule has 16 heavy (non-hydrogen) atoms. The van der Waals surface area contributed by atoms with Gasteiger partial charge in [0.15, 0.2) is 0 Å². The average molecular weight is 216 g/mol. The minimum absolute atomic E-state index is 0.509. The normalized spacial score (nSPS) is 10.4. The number of hydrogen-bond acceptors (Lipinski definition) is 2. The molecule has 2 aromatic rings. The summed E-state index contributed by atoms with van der Waals surface area (Å²) in [6.45, 7) is 4.62. The second-order valence-electron chi connectivity index (χ2n) is 3.96. The molecule has 1 aromatic heterocycles. The SMILES string of the molecule is Cc1cccc(C)c1OCc1nccn1C. The summed E-state index contributed by atoms with van der Waals surface area (Å²) in [6.07, 6.45) is 3.70. The van der Waals surface area contributed by atoms with Crippen molar-refractivity contribution in [3.63, 3.8) is 0 Å². The van der Waals surface area contributed by atoms with Crippen molar-refractivity contribution in [2.24, 2.45) is 7.05 Å². The zero-order chi connectivity index (χ0) is 11.5. The Bertz CT molecular complexity index is 468. The molecule has 1 heterocycles. The predicted molar refractivity (Wildman–Crippen MR) is 63.5 cm³/mol. The molecule has 1 aromatic carbocycles. The first-order chi connectivity index (χ1) is 7.68. The first kappa shape index (κ1) is 10.7. The van der Waals surface area contributed by atoms with E-state index >= 15 is 0 Å². The van der Waals surface area contributed by atoms with E-state index in [0.29, 0.717) is 6.61 Å². The highest BCUT2D eigenvalue weighted by molar-refractivity contribution is 5.39. The van der Waals surface area contributed by atoms with E-state index in [1.807, 2.05) is 23.9 Å². The Balaban J connectivity index is 2.14. The van der Waals surface area contributed by atoms with E-state index in [1.54, 1.807) is 6.20 Å². The summed E-state index contributed by atoms with van der Waals surface area (Å²) in [7, 11) is 1.97. The number of hydrogen-bond donors (Lipinski definition) is 0. The molecule has 3 heteroatoms. The van der Waals surface area contributed by atoms with Crippen molar-refractivity contribution < 1.29 is 4.74 Å². The maximum Gasteiger partial charge on any atom is 0.146 e. The Morgan fingerprint density at radius 1 is 1.25 bits per heavy atom. The summed E-state index contributed by atoms with van der Waals surface area (Å²) in [5, 5.41) is 0. The fourth-order valence-electron chi connectivity index (χ4n) is 1.70. The molecule has 0 bridgehead atoms. The molecular formula is C13H16N2O. The van der Waals surface area contributed by atoms with Gasteiger partial charge in [0, 0.05) is 19.4 Å². The summed E-state index contributed by atoms with van der Waals surface area (Å²) < 4.78 is 7.78. The summed E-state index contributed by atoms with van der Waals surface area (Å²) in [5.41, 5.74) is 2.32. The van der Waals surface area contributed by atoms with Crippen molar-refractivity contribution in [3.8, 4) is 5.75 Å². The summed E-state index contributed by atoms with van der Waals surface area (Å²) >= 11 is 0. The van der Waals surface area contributed by atoms with E-state index in [-0.39, 0.29) is 0 Å². The van der Waals surface area contributed by atoms with Crippen LogP contribution in [0, 0.1) is 13.8 Å². The van der Waals surface area contributed by atoms with Gasteiger partial charge in [-0.25, -0.2) is 4.98 Å². The van der Waals surface area contributed by atoms with Gasteiger partial charge in [0.2, 0.25) is 0 Å². The van der Waals surface area contributed by atoms with Crippen LogP contribution in [-0.4, -0.2) is 9.55 Å². The Kier molecular flexibility index (Phi) is 2.95. The van der Waals surface area contributed by atoms with Crippen molar-refractivity contribution in [1.29, 1.82) is 0 Å². The average Bonchev–Trinajstić information content (AvgIpc) is 2.64. The maximum absolute atomic E-state index is 5.81. The van der Waals surface area contributed by atoms with E-state index < -0.39 is 0 Å². The molecule has 0 radical (unpaired) electrons. The number of para-hydroxylation sites is 1. The molecule has 0 unspecified atom stereocenters. The number of nitrogens with zero attached hydrogens (tertiary/aromatic N) is 2. The molecule has 84 valence electrons. The number of ether oxygens (including phenoxy) is 1. The Morgan fingerprint density at radius 3 is 2.50 bits per heavy atom. The van der Waals surface area contributed by atoms with Crippen LogP contribution in [0.3, 0.4) is 0 Å². The van der Waals surface area contributed by atoms with E-state index in [4.69, 9.17) is 4.74 Å². The fourth-order valence-corrected chi connectivity index (χ4v) is 1.70. The summed E-state index contributed by atoms with van der Waals surface area (Å²) in [5.74, 6) is 1.90. The molecule has 0 saturated heterocycles. The van der Waals surface area contributed by atoms with Crippen molar-refractivity contribution in [3.05, 3.63) is 47.5 Å². The van der Waals surface area contributed by atoms with Crippen molar-refractivity contribution in [1.82, 2.24) is 9.55 Å². The fraction of sp³-hybridized carbons (Fsp3) is 0.308. The quantitative estimate of drug-likeness (QED) is 0.788. The standard InChI is InChI=1S/C13H16N2O/c1-10-5-4-6-11(2)13(10)16-9-12-14-7-8-15(12)3/h4-8H,9H2,1-3H3. The van der Waals surface area contributed by atoms with Crippen molar-refractivity contribution in [2.75, 3.05) is 0 Å². The van der Waals surface area contributed by atoms with Gasteiger partial charge in [-0.05, 0) is 25.0 Å². The van der Waals surface area contributed by atoms with Crippen LogP contribution in [0.15, 0.2) is 30.6 Å². The number of aromatic nitrogens is 2. The van der Waals surface area contributed by atoms with Crippen LogP contribution in [0.2, 0.25) is 0 Å². The van der Waals surface area contributed by atoms with Gasteiger partial charge >= 0.3 is 0 Å². The van der Waals surface area contributed by atoms with E-state index in [2.05, 4.69) is 31.0 Å². The number of imidazole rings is 1. The van der Waals surface area contributed by atoms with Crippen LogP contribution >= 0.6 is 0 Å². The lowest BCUT2D eigenvalue weighted by molar-refractivity contribution is 0.288. The lowest BCUT2D eigenvalue weighted by Crippen LogP contribution is -2.04. The topological polar surface area (TPSA) is 27.1 Å². The second-order valence-corrected chi connectivity index (χ2v) is 3.96. The van der Waals surface area contributed by atoms with Gasteiger partial charge in [-0.15, -0.1) is 0 Å². The van der Waals surface area contributed by atoms with Crippen LogP contribution in [0.1, 0.15) is 17.0 Å². The smallest absolute Gasteiger partial charge is 0.146 e. The molecule has 0 spiro atoms. The van der Waals surface area contributed by atoms with E-state index in [1.165, 1.54) is 0 Å². The molecule has 2 rings (SSSR count). The highest BCUT2D eigenvalue weighted by Gasteiger charge is 2.05. The molecule has 0 amide bonds. The van der Waals surface area contributed by atoms with Crippen molar-refractivity contribution >= 4 is 0 Å². The molecule has 0 saturated carbocycles. The molecule has 0 N–H and O–H groups in total. The van der Waals surface area contributed by atoms with Gasteiger partial charge < -0.3 is 9.30 Å². The van der Waals surface area contributed by atoms with Crippen LogP contribution < -0.4 is 4.74 Å². The molecule has 0 aliphatic carbocycles. The van der Waals surface area contributed by atoms with E-state index in [9.17, 15) is 0 Å². The van der Waals surface area contributed by atoms with Gasteiger partial charge in [-0.2, -0.15) is 0 Å². The summed E-state index contributed by atoms with van der Waals surface area (Å²) in [4.78, 5) is 4.23. The third-order valence-electron chi connectivity index (χ3n) is 2.68. The molecule has 0 atom stereocenters. The molecule has 0 aliphatic rings. The van der Waals surface area contributed by atoms with Gasteiger partial charge in [0.25, 0.3) is 0 Å². The highest BCUT2D eigenvalue weighted by Crippen LogP contribution is 2.23. The van der Waals surface area contributed by atoms with E-state index in [0.717, 1.165) is 22.7 Å². The lowest BCUT2D eigenvalue weighted by atomic mass is 10.1. The first-order valence-electron chi connectivity index (χ1n) is 5.33. The minimum atomic E-state index is 0.509. The van der Waals surface area contributed by atoms with Crippen LogP contribution in [0.25, 0.3) is 0 Å². The van der Waals surface area contributed by atoms with Crippen LogP contribution in [0.4, 0.5) is 0 Å². The summed E-state index contributed by atoms with van der Waals surface area (Å²) in [6, 6.07) is 6.15. The molecule has 0 aliphatic heterocycles. The van der Waals surface area contributed by atoms with Crippen molar-refractivity contribution in [2.45, 2.75) is 20.5 Å². The molecule has 0 fully saturated rings. The Labute approximate surface area is 95.7 Å². The first-order valence-corrected chi connectivity index (χ1v) is 5.33. The van der Waals surface area contributed by atoms with Crippen LogP contribution in [0.5, 0.6) is 5.75 Å². The lowest BCUT2D eigenvalue weighted by Gasteiger charge is -2.11. The van der Waals surface area contributed by atoms with Gasteiger partial charge in [-0.3, -0.25) is 0 Å². The number of benzene rings is 1.